The first-order valence-electron chi connectivity index (χ1n) is 6.20. The fraction of sp³-hybridized carbons (Fsp3) is 0.200. The Morgan fingerprint density at radius 3 is 2.65 bits per heavy atom. The third kappa shape index (κ3) is 4.06. The van der Waals surface area contributed by atoms with E-state index in [1.54, 1.807) is 25.3 Å². The number of nitrogens with zero attached hydrogens (tertiary/aromatic N) is 1. The van der Waals surface area contributed by atoms with E-state index in [2.05, 4.69) is 26.2 Å². The maximum Gasteiger partial charge on any atom is 0.266 e. The standard InChI is InChI=1S/C15H15BrN2O2/c1-10-7-8-17-14(9-10)18-15(19)11(2)20-13-5-3-12(16)4-6-13/h3-9,11H,1-2H3,(H,17,18,19). The summed E-state index contributed by atoms with van der Waals surface area (Å²) in [4.78, 5) is 16.1. The molecule has 0 bridgehead atoms. The quantitative estimate of drug-likeness (QED) is 0.929. The van der Waals surface area contributed by atoms with Crippen molar-refractivity contribution in [1.29, 1.82) is 0 Å². The van der Waals surface area contributed by atoms with Crippen molar-refractivity contribution in [3.8, 4) is 5.75 Å². The van der Waals surface area contributed by atoms with Crippen LogP contribution in [0, 0.1) is 6.92 Å². The molecule has 1 atom stereocenters. The predicted octanol–water partition coefficient (Wildman–Crippen LogP) is 3.56. The van der Waals surface area contributed by atoms with Crippen LogP contribution in [0.15, 0.2) is 47.1 Å². The van der Waals surface area contributed by atoms with Crippen LogP contribution in [-0.4, -0.2) is 17.0 Å². The van der Waals surface area contributed by atoms with Crippen molar-refractivity contribution < 1.29 is 9.53 Å². The van der Waals surface area contributed by atoms with Crippen LogP contribution in [0.5, 0.6) is 5.75 Å². The number of amides is 1. The molecule has 1 aromatic heterocycles. The molecule has 2 rings (SSSR count). The maximum atomic E-state index is 12.0. The van der Waals surface area contributed by atoms with E-state index < -0.39 is 6.10 Å². The summed E-state index contributed by atoms with van der Waals surface area (Å²) >= 11 is 3.35. The van der Waals surface area contributed by atoms with Gasteiger partial charge in [-0.1, -0.05) is 15.9 Å². The number of anilines is 1. The number of rotatable bonds is 4. The molecule has 5 heteroatoms. The van der Waals surface area contributed by atoms with Gasteiger partial charge in [0.2, 0.25) is 0 Å². The third-order valence-corrected chi connectivity index (χ3v) is 3.19. The van der Waals surface area contributed by atoms with Crippen molar-refractivity contribution in [2.24, 2.45) is 0 Å². The van der Waals surface area contributed by atoms with Gasteiger partial charge in [-0.05, 0) is 55.8 Å². The molecule has 1 unspecified atom stereocenters. The van der Waals surface area contributed by atoms with Crippen LogP contribution in [0.25, 0.3) is 0 Å². The van der Waals surface area contributed by atoms with Crippen molar-refractivity contribution in [3.05, 3.63) is 52.6 Å². The van der Waals surface area contributed by atoms with E-state index in [1.807, 2.05) is 31.2 Å². The highest BCUT2D eigenvalue weighted by Gasteiger charge is 2.15. The summed E-state index contributed by atoms with van der Waals surface area (Å²) in [6, 6.07) is 11.0. The van der Waals surface area contributed by atoms with Crippen LogP contribution in [0.3, 0.4) is 0 Å². The first kappa shape index (κ1) is 14.5. The van der Waals surface area contributed by atoms with E-state index >= 15 is 0 Å². The molecule has 1 aromatic carbocycles. The molecule has 0 radical (unpaired) electrons. The van der Waals surface area contributed by atoms with E-state index in [4.69, 9.17) is 4.74 Å². The predicted molar refractivity (Wildman–Crippen MR) is 81.8 cm³/mol. The van der Waals surface area contributed by atoms with Crippen LogP contribution >= 0.6 is 15.9 Å². The van der Waals surface area contributed by atoms with Gasteiger partial charge >= 0.3 is 0 Å². The maximum absolute atomic E-state index is 12.0. The largest absolute Gasteiger partial charge is 0.481 e. The van der Waals surface area contributed by atoms with Gasteiger partial charge in [0, 0.05) is 10.7 Å². The molecule has 1 amide bonds. The fourth-order valence-corrected chi connectivity index (χ4v) is 1.87. The van der Waals surface area contributed by atoms with Crippen LogP contribution in [0.4, 0.5) is 5.82 Å². The van der Waals surface area contributed by atoms with E-state index in [0.29, 0.717) is 11.6 Å². The zero-order chi connectivity index (χ0) is 14.5. The third-order valence-electron chi connectivity index (χ3n) is 2.66. The summed E-state index contributed by atoms with van der Waals surface area (Å²) in [6.45, 7) is 3.65. The van der Waals surface area contributed by atoms with E-state index in [9.17, 15) is 4.79 Å². The van der Waals surface area contributed by atoms with Gasteiger partial charge in [-0.3, -0.25) is 4.79 Å². The van der Waals surface area contributed by atoms with Crippen molar-refractivity contribution >= 4 is 27.7 Å². The summed E-state index contributed by atoms with van der Waals surface area (Å²) in [5.74, 6) is 0.945. The Hall–Kier alpha value is -1.88. The lowest BCUT2D eigenvalue weighted by molar-refractivity contribution is -0.122. The number of aryl methyl sites for hydroxylation is 1. The van der Waals surface area contributed by atoms with Crippen LogP contribution in [0.1, 0.15) is 12.5 Å². The Kier molecular flexibility index (Phi) is 4.74. The van der Waals surface area contributed by atoms with Gasteiger partial charge < -0.3 is 10.1 Å². The van der Waals surface area contributed by atoms with Crippen molar-refractivity contribution in [2.75, 3.05) is 5.32 Å². The van der Waals surface area contributed by atoms with Crippen LogP contribution in [-0.2, 0) is 4.79 Å². The molecule has 104 valence electrons. The number of pyridine rings is 1. The number of benzene rings is 1. The number of halogens is 1. The van der Waals surface area contributed by atoms with Gasteiger partial charge in [0.05, 0.1) is 0 Å². The Labute approximate surface area is 126 Å². The minimum absolute atomic E-state index is 0.231. The number of carbonyl (C=O) groups is 1. The highest BCUT2D eigenvalue weighted by atomic mass is 79.9. The molecule has 0 aliphatic rings. The topological polar surface area (TPSA) is 51.2 Å². The number of ether oxygens (including phenoxy) is 1. The SMILES string of the molecule is Cc1ccnc(NC(=O)C(C)Oc2ccc(Br)cc2)c1. The average Bonchev–Trinajstić information content (AvgIpc) is 2.41. The van der Waals surface area contributed by atoms with Gasteiger partial charge in [0.25, 0.3) is 5.91 Å². The molecular formula is C15H15BrN2O2. The van der Waals surface area contributed by atoms with Gasteiger partial charge in [-0.2, -0.15) is 0 Å². The number of hydrogen-bond acceptors (Lipinski definition) is 3. The summed E-state index contributed by atoms with van der Waals surface area (Å²) < 4.78 is 6.54. The first-order chi connectivity index (χ1) is 9.54. The second-order valence-electron chi connectivity index (χ2n) is 4.42. The number of carbonyl (C=O) groups excluding carboxylic acids is 1. The molecule has 0 spiro atoms. The normalized spacial score (nSPS) is 11.8. The molecular weight excluding hydrogens is 320 g/mol. The Morgan fingerprint density at radius 2 is 2.00 bits per heavy atom. The molecule has 0 aliphatic heterocycles. The minimum atomic E-state index is -0.599. The number of hydrogen-bond donors (Lipinski definition) is 1. The van der Waals surface area contributed by atoms with Gasteiger partial charge in [0.1, 0.15) is 11.6 Å². The lowest BCUT2D eigenvalue weighted by atomic mass is 10.3. The first-order valence-corrected chi connectivity index (χ1v) is 6.99. The lowest BCUT2D eigenvalue weighted by Crippen LogP contribution is -2.30. The molecule has 1 N–H and O–H groups in total. The Balaban J connectivity index is 1.96. The number of aromatic nitrogens is 1. The molecule has 1 heterocycles. The monoisotopic (exact) mass is 334 g/mol. The molecule has 20 heavy (non-hydrogen) atoms. The van der Waals surface area contributed by atoms with Crippen molar-refractivity contribution in [3.63, 3.8) is 0 Å². The molecule has 0 aliphatic carbocycles. The number of nitrogens with one attached hydrogen (secondary N) is 1. The Morgan fingerprint density at radius 1 is 1.30 bits per heavy atom. The zero-order valence-electron chi connectivity index (χ0n) is 11.3. The van der Waals surface area contributed by atoms with Gasteiger partial charge in [-0.15, -0.1) is 0 Å². The zero-order valence-corrected chi connectivity index (χ0v) is 12.8. The second kappa shape index (κ2) is 6.52. The van der Waals surface area contributed by atoms with E-state index in [1.165, 1.54) is 0 Å². The van der Waals surface area contributed by atoms with Crippen LogP contribution < -0.4 is 10.1 Å². The minimum Gasteiger partial charge on any atom is -0.481 e. The second-order valence-corrected chi connectivity index (χ2v) is 5.34. The highest BCUT2D eigenvalue weighted by molar-refractivity contribution is 9.10. The van der Waals surface area contributed by atoms with Crippen molar-refractivity contribution in [1.82, 2.24) is 4.98 Å². The van der Waals surface area contributed by atoms with Gasteiger partial charge in [-0.25, -0.2) is 4.98 Å². The Bertz CT molecular complexity index is 599. The molecule has 0 fully saturated rings. The smallest absolute Gasteiger partial charge is 0.266 e. The lowest BCUT2D eigenvalue weighted by Gasteiger charge is -2.14. The van der Waals surface area contributed by atoms with E-state index in [0.717, 1.165) is 10.0 Å². The average molecular weight is 335 g/mol. The highest BCUT2D eigenvalue weighted by Crippen LogP contribution is 2.17. The fourth-order valence-electron chi connectivity index (χ4n) is 1.60. The molecule has 4 nitrogen and oxygen atoms in total. The summed E-state index contributed by atoms with van der Waals surface area (Å²) in [7, 11) is 0. The molecule has 0 saturated carbocycles. The van der Waals surface area contributed by atoms with Crippen molar-refractivity contribution in [2.45, 2.75) is 20.0 Å². The van der Waals surface area contributed by atoms with Crippen LogP contribution in [0.2, 0.25) is 0 Å². The van der Waals surface area contributed by atoms with E-state index in [-0.39, 0.29) is 5.91 Å². The summed E-state index contributed by atoms with van der Waals surface area (Å²) in [5.41, 5.74) is 1.04. The van der Waals surface area contributed by atoms with Gasteiger partial charge in [0.15, 0.2) is 6.10 Å². The summed E-state index contributed by atoms with van der Waals surface area (Å²) in [6.07, 6.45) is 1.06. The molecule has 2 aromatic rings. The summed E-state index contributed by atoms with van der Waals surface area (Å²) in [5, 5.41) is 2.73. The molecule has 0 saturated heterocycles.